The van der Waals surface area contributed by atoms with Crippen LogP contribution in [-0.4, -0.2) is 32.2 Å². The van der Waals surface area contributed by atoms with E-state index in [0.29, 0.717) is 31.0 Å². The fourth-order valence-electron chi connectivity index (χ4n) is 4.16. The molecule has 0 spiro atoms. The van der Waals surface area contributed by atoms with Crippen LogP contribution in [0.2, 0.25) is 0 Å². The number of Topliss-reactive ketones (excluding diaryl/α,β-unsaturated/α-hetero) is 2. The monoisotopic (exact) mass is 394 g/mol. The van der Waals surface area contributed by atoms with E-state index in [9.17, 15) is 9.59 Å². The minimum absolute atomic E-state index is 0.0789. The van der Waals surface area contributed by atoms with Crippen LogP contribution in [-0.2, 0) is 22.4 Å². The van der Waals surface area contributed by atoms with Crippen molar-refractivity contribution in [2.24, 2.45) is 11.8 Å². The second-order valence-corrected chi connectivity index (χ2v) is 8.04. The van der Waals surface area contributed by atoms with Crippen LogP contribution in [0.3, 0.4) is 0 Å². The number of hydrogen-bond donors (Lipinski definition) is 1. The SMILES string of the molecule is Cc1cccc(CC(=O)CC[C@H]2CCC(=O)[C@@H]2C/C=C\CCCc2nn[nH]n2)c1. The minimum Gasteiger partial charge on any atom is -0.299 e. The normalized spacial score (nSPS) is 19.3. The molecule has 0 aliphatic heterocycles. The van der Waals surface area contributed by atoms with Crippen LogP contribution in [0.1, 0.15) is 61.9 Å². The maximum atomic E-state index is 12.4. The Morgan fingerprint density at radius 3 is 3.00 bits per heavy atom. The molecule has 1 aromatic heterocycles. The summed E-state index contributed by atoms with van der Waals surface area (Å²) in [6, 6.07) is 8.12. The molecule has 2 aromatic rings. The highest BCUT2D eigenvalue weighted by Crippen LogP contribution is 2.35. The molecule has 0 bridgehead atoms. The van der Waals surface area contributed by atoms with E-state index in [0.717, 1.165) is 49.9 Å². The summed E-state index contributed by atoms with van der Waals surface area (Å²) in [5.41, 5.74) is 2.26. The molecule has 1 saturated carbocycles. The average molecular weight is 395 g/mol. The number of allylic oxidation sites excluding steroid dienone is 2. The van der Waals surface area contributed by atoms with Crippen LogP contribution in [0.4, 0.5) is 0 Å². The molecule has 0 radical (unpaired) electrons. The number of rotatable bonds is 11. The van der Waals surface area contributed by atoms with Crippen molar-refractivity contribution in [3.05, 3.63) is 53.4 Å². The van der Waals surface area contributed by atoms with E-state index in [2.05, 4.69) is 38.8 Å². The average Bonchev–Trinajstić information content (AvgIpc) is 3.33. The lowest BCUT2D eigenvalue weighted by atomic mass is 9.87. The van der Waals surface area contributed by atoms with Crippen molar-refractivity contribution in [3.8, 4) is 0 Å². The van der Waals surface area contributed by atoms with Gasteiger partial charge in [-0.25, -0.2) is 0 Å². The number of unbranched alkanes of at least 4 members (excludes halogenated alkanes) is 1. The predicted octanol–water partition coefficient (Wildman–Crippen LogP) is 3.96. The third-order valence-electron chi connectivity index (χ3n) is 5.74. The summed E-state index contributed by atoms with van der Waals surface area (Å²) in [6.45, 7) is 2.04. The number of aromatic nitrogens is 4. The Balaban J connectivity index is 1.38. The Hall–Kier alpha value is -2.63. The number of ketones is 2. The van der Waals surface area contributed by atoms with Crippen molar-refractivity contribution in [1.82, 2.24) is 20.6 Å². The molecule has 1 heterocycles. The Morgan fingerprint density at radius 1 is 1.31 bits per heavy atom. The quantitative estimate of drug-likeness (QED) is 0.460. The van der Waals surface area contributed by atoms with Crippen molar-refractivity contribution in [2.45, 2.75) is 64.7 Å². The molecule has 1 aliphatic rings. The molecule has 0 unspecified atom stereocenters. The van der Waals surface area contributed by atoms with Gasteiger partial charge in [-0.2, -0.15) is 5.21 Å². The zero-order valence-corrected chi connectivity index (χ0v) is 17.1. The van der Waals surface area contributed by atoms with Gasteiger partial charge in [-0.15, -0.1) is 10.2 Å². The number of aryl methyl sites for hydroxylation is 2. The van der Waals surface area contributed by atoms with E-state index < -0.39 is 0 Å². The Kier molecular flexibility index (Phi) is 7.85. The zero-order valence-electron chi connectivity index (χ0n) is 17.1. The number of nitrogens with zero attached hydrogens (tertiary/aromatic N) is 3. The van der Waals surface area contributed by atoms with E-state index in [1.54, 1.807) is 0 Å². The van der Waals surface area contributed by atoms with Gasteiger partial charge in [-0.05, 0) is 50.5 Å². The number of tetrazole rings is 1. The lowest BCUT2D eigenvalue weighted by Gasteiger charge is -2.16. The fraction of sp³-hybridized carbons (Fsp3) is 0.522. The molecule has 0 saturated heterocycles. The number of aromatic amines is 1. The Labute approximate surface area is 172 Å². The summed E-state index contributed by atoms with van der Waals surface area (Å²) in [4.78, 5) is 24.7. The van der Waals surface area contributed by atoms with E-state index in [4.69, 9.17) is 0 Å². The van der Waals surface area contributed by atoms with E-state index in [1.807, 2.05) is 25.1 Å². The first kappa shape index (κ1) is 21.1. The molecule has 1 aliphatic carbocycles. The van der Waals surface area contributed by atoms with Crippen LogP contribution >= 0.6 is 0 Å². The maximum Gasteiger partial charge on any atom is 0.174 e. The second-order valence-electron chi connectivity index (χ2n) is 8.04. The number of H-pyrrole nitrogens is 1. The summed E-state index contributed by atoms with van der Waals surface area (Å²) in [7, 11) is 0. The summed E-state index contributed by atoms with van der Waals surface area (Å²) < 4.78 is 0. The van der Waals surface area contributed by atoms with Gasteiger partial charge in [0.05, 0.1) is 0 Å². The molecule has 29 heavy (non-hydrogen) atoms. The van der Waals surface area contributed by atoms with Gasteiger partial charge >= 0.3 is 0 Å². The molecule has 0 amide bonds. The van der Waals surface area contributed by atoms with Crippen molar-refractivity contribution in [1.29, 1.82) is 0 Å². The topological polar surface area (TPSA) is 88.6 Å². The zero-order chi connectivity index (χ0) is 20.5. The third-order valence-corrected chi connectivity index (χ3v) is 5.74. The summed E-state index contributed by atoms with van der Waals surface area (Å²) in [5.74, 6) is 1.78. The summed E-state index contributed by atoms with van der Waals surface area (Å²) in [5, 5.41) is 13.9. The van der Waals surface area contributed by atoms with E-state index in [-0.39, 0.29) is 11.7 Å². The van der Waals surface area contributed by atoms with Gasteiger partial charge in [-0.3, -0.25) is 9.59 Å². The summed E-state index contributed by atoms with van der Waals surface area (Å²) in [6.07, 6.45) is 11.2. The molecule has 6 nitrogen and oxygen atoms in total. The maximum absolute atomic E-state index is 12.4. The Morgan fingerprint density at radius 2 is 2.21 bits per heavy atom. The van der Waals surface area contributed by atoms with Crippen LogP contribution in [0.5, 0.6) is 0 Å². The van der Waals surface area contributed by atoms with Crippen molar-refractivity contribution < 1.29 is 9.59 Å². The lowest BCUT2D eigenvalue weighted by molar-refractivity contribution is -0.122. The molecule has 154 valence electrons. The second kappa shape index (κ2) is 10.8. The van der Waals surface area contributed by atoms with Crippen LogP contribution < -0.4 is 0 Å². The first-order valence-electron chi connectivity index (χ1n) is 10.6. The molecule has 1 fully saturated rings. The van der Waals surface area contributed by atoms with Crippen molar-refractivity contribution in [2.75, 3.05) is 0 Å². The fourth-order valence-corrected chi connectivity index (χ4v) is 4.16. The smallest absolute Gasteiger partial charge is 0.174 e. The first-order chi connectivity index (χ1) is 14.1. The van der Waals surface area contributed by atoms with Gasteiger partial charge < -0.3 is 0 Å². The number of benzene rings is 1. The van der Waals surface area contributed by atoms with Crippen LogP contribution in [0, 0.1) is 18.8 Å². The van der Waals surface area contributed by atoms with Crippen LogP contribution in [0.15, 0.2) is 36.4 Å². The highest BCUT2D eigenvalue weighted by Gasteiger charge is 2.33. The molecule has 1 N–H and O–H groups in total. The molecular weight excluding hydrogens is 364 g/mol. The predicted molar refractivity (Wildman–Crippen MR) is 111 cm³/mol. The molecule has 6 heteroatoms. The van der Waals surface area contributed by atoms with Gasteiger partial charge in [0.1, 0.15) is 11.6 Å². The number of hydrogen-bond acceptors (Lipinski definition) is 5. The van der Waals surface area contributed by atoms with Crippen molar-refractivity contribution in [3.63, 3.8) is 0 Å². The highest BCUT2D eigenvalue weighted by molar-refractivity contribution is 5.84. The summed E-state index contributed by atoms with van der Waals surface area (Å²) >= 11 is 0. The van der Waals surface area contributed by atoms with Gasteiger partial charge in [0, 0.05) is 31.6 Å². The van der Waals surface area contributed by atoms with Gasteiger partial charge in [0.15, 0.2) is 5.82 Å². The van der Waals surface area contributed by atoms with Crippen molar-refractivity contribution >= 4 is 11.6 Å². The van der Waals surface area contributed by atoms with Crippen LogP contribution in [0.25, 0.3) is 0 Å². The van der Waals surface area contributed by atoms with E-state index >= 15 is 0 Å². The lowest BCUT2D eigenvalue weighted by Crippen LogP contribution is -2.15. The van der Waals surface area contributed by atoms with E-state index in [1.165, 1.54) is 5.56 Å². The molecule has 2 atom stereocenters. The first-order valence-corrected chi connectivity index (χ1v) is 10.6. The highest BCUT2D eigenvalue weighted by atomic mass is 16.1. The number of carbonyl (C=O) groups excluding carboxylic acids is 2. The molecule has 1 aromatic carbocycles. The number of nitrogens with one attached hydrogen (secondary N) is 1. The minimum atomic E-state index is 0.0789. The number of carbonyl (C=O) groups is 2. The largest absolute Gasteiger partial charge is 0.299 e. The molecule has 3 rings (SSSR count). The van der Waals surface area contributed by atoms with Gasteiger partial charge in [-0.1, -0.05) is 47.2 Å². The standard InChI is InChI=1S/C23H30N4O2/c1-17-7-6-8-18(15-17)16-20(28)13-11-19-12-14-22(29)21(19)9-4-2-3-5-10-23-24-26-27-25-23/h2,4,6-8,15,19,21H,3,5,9-14,16H2,1H3,(H,24,25,26,27)/b4-2-/t19-,21+/m0/s1. The third kappa shape index (κ3) is 6.73. The Bertz CT molecular complexity index is 829. The van der Waals surface area contributed by atoms with Gasteiger partial charge in [0.2, 0.25) is 0 Å². The van der Waals surface area contributed by atoms with Gasteiger partial charge in [0.25, 0.3) is 0 Å². The molecular formula is C23H30N4O2.